The fraction of sp³-hybridized carbons (Fsp3) is 0.350. The molecule has 1 saturated heterocycles. The molecule has 2 N–H and O–H groups in total. The summed E-state index contributed by atoms with van der Waals surface area (Å²) in [7, 11) is -4.21. The molecule has 1 aliphatic rings. The van der Waals surface area contributed by atoms with Crippen LogP contribution in [0.25, 0.3) is 0 Å². The van der Waals surface area contributed by atoms with Crippen molar-refractivity contribution in [3.05, 3.63) is 58.6 Å². The predicted molar refractivity (Wildman–Crippen MR) is 109 cm³/mol. The van der Waals surface area contributed by atoms with E-state index in [-0.39, 0.29) is 35.8 Å². The molecule has 162 valence electrons. The van der Waals surface area contributed by atoms with Crippen LogP contribution in [0.5, 0.6) is 0 Å². The number of aliphatic hydroxyl groups is 1. The van der Waals surface area contributed by atoms with Gasteiger partial charge in [0.2, 0.25) is 10.0 Å². The van der Waals surface area contributed by atoms with Crippen LogP contribution in [0.3, 0.4) is 0 Å². The Kier molecular flexibility index (Phi) is 6.47. The predicted octanol–water partition coefficient (Wildman–Crippen LogP) is 3.80. The van der Waals surface area contributed by atoms with Gasteiger partial charge in [0, 0.05) is 24.3 Å². The molecule has 1 unspecified atom stereocenters. The minimum atomic E-state index is -4.21. The van der Waals surface area contributed by atoms with Gasteiger partial charge in [0.25, 0.3) is 5.91 Å². The molecule has 0 spiro atoms. The average molecular weight is 459 g/mol. The third-order valence-electron chi connectivity index (χ3n) is 5.01. The first-order valence-corrected chi connectivity index (χ1v) is 11.1. The fourth-order valence-corrected chi connectivity index (χ4v) is 4.99. The van der Waals surface area contributed by atoms with Crippen molar-refractivity contribution < 1.29 is 27.1 Å². The Morgan fingerprint density at radius 1 is 1.13 bits per heavy atom. The highest BCUT2D eigenvalue weighted by atomic mass is 35.5. The van der Waals surface area contributed by atoms with Gasteiger partial charge in [-0.05, 0) is 62.6 Å². The zero-order chi connectivity index (χ0) is 22.1. The number of carbonyl (C=O) groups is 1. The zero-order valence-corrected chi connectivity index (χ0v) is 17.7. The summed E-state index contributed by atoms with van der Waals surface area (Å²) >= 11 is 5.69. The lowest BCUT2D eigenvalue weighted by atomic mass is 9.98. The maximum absolute atomic E-state index is 14.4. The molecule has 30 heavy (non-hydrogen) atoms. The molecule has 0 radical (unpaired) electrons. The Hall–Kier alpha value is -2.07. The van der Waals surface area contributed by atoms with Gasteiger partial charge in [-0.15, -0.1) is 0 Å². The highest BCUT2D eigenvalue weighted by molar-refractivity contribution is 7.89. The van der Waals surface area contributed by atoms with Crippen molar-refractivity contribution in [2.45, 2.75) is 36.7 Å². The van der Waals surface area contributed by atoms with Gasteiger partial charge >= 0.3 is 0 Å². The topological polar surface area (TPSA) is 86.7 Å². The number of sulfonamides is 1. The van der Waals surface area contributed by atoms with E-state index in [9.17, 15) is 27.1 Å². The van der Waals surface area contributed by atoms with E-state index in [2.05, 4.69) is 5.32 Å². The van der Waals surface area contributed by atoms with E-state index in [4.69, 9.17) is 11.6 Å². The molecule has 6 nitrogen and oxygen atoms in total. The Morgan fingerprint density at radius 2 is 1.83 bits per heavy atom. The first-order valence-electron chi connectivity index (χ1n) is 9.28. The number of benzene rings is 2. The summed E-state index contributed by atoms with van der Waals surface area (Å²) in [6, 6.07) is 6.61. The number of hydrogen-bond acceptors (Lipinski definition) is 4. The highest BCUT2D eigenvalue weighted by Gasteiger charge is 2.33. The molecule has 0 saturated carbocycles. The number of halogens is 3. The highest BCUT2D eigenvalue weighted by Crippen LogP contribution is 2.28. The maximum Gasteiger partial charge on any atom is 0.255 e. The first kappa shape index (κ1) is 22.6. The van der Waals surface area contributed by atoms with Gasteiger partial charge in [0.05, 0.1) is 10.6 Å². The standard InChI is InChI=1S/C20H21ClF2N2O4S/c1-20(27)7-2-9-25(10-8-20)30(28,29)18-11-13(3-5-17(18)23)19(26)24-14-4-6-16(22)15(21)12-14/h3-6,11-12,27H,2,7-10H2,1H3,(H,24,26). The van der Waals surface area contributed by atoms with Gasteiger partial charge in [-0.1, -0.05) is 11.6 Å². The lowest BCUT2D eigenvalue weighted by Crippen LogP contribution is -2.34. The second kappa shape index (κ2) is 8.58. The van der Waals surface area contributed by atoms with Crippen LogP contribution in [0, 0.1) is 11.6 Å². The van der Waals surface area contributed by atoms with E-state index >= 15 is 0 Å². The van der Waals surface area contributed by atoms with E-state index in [0.29, 0.717) is 12.8 Å². The van der Waals surface area contributed by atoms with Crippen molar-refractivity contribution in [2.75, 3.05) is 18.4 Å². The Labute approximate surface area is 178 Å². The summed E-state index contributed by atoms with van der Waals surface area (Å²) in [6.07, 6.45) is 1.09. The van der Waals surface area contributed by atoms with Crippen molar-refractivity contribution in [1.29, 1.82) is 0 Å². The van der Waals surface area contributed by atoms with Gasteiger partial charge in [0.15, 0.2) is 0 Å². The molecule has 0 bridgehead atoms. The number of amides is 1. The molecule has 10 heteroatoms. The lowest BCUT2D eigenvalue weighted by molar-refractivity contribution is 0.0465. The molecule has 0 aromatic heterocycles. The van der Waals surface area contributed by atoms with Crippen molar-refractivity contribution in [1.82, 2.24) is 4.31 Å². The van der Waals surface area contributed by atoms with Crippen molar-refractivity contribution in [2.24, 2.45) is 0 Å². The zero-order valence-electron chi connectivity index (χ0n) is 16.2. The summed E-state index contributed by atoms with van der Waals surface area (Å²) in [5.74, 6) is -2.33. The molecule has 3 rings (SSSR count). The molecule has 0 aliphatic carbocycles. The SMILES string of the molecule is CC1(O)CCCN(S(=O)(=O)c2cc(C(=O)Nc3ccc(F)c(Cl)c3)ccc2F)CC1. The van der Waals surface area contributed by atoms with E-state index in [1.165, 1.54) is 12.1 Å². The summed E-state index contributed by atoms with van der Waals surface area (Å²) in [5.41, 5.74) is -0.867. The molecule has 1 amide bonds. The lowest BCUT2D eigenvalue weighted by Gasteiger charge is -2.22. The van der Waals surface area contributed by atoms with Gasteiger partial charge in [-0.25, -0.2) is 17.2 Å². The van der Waals surface area contributed by atoms with Crippen LogP contribution in [0.15, 0.2) is 41.3 Å². The number of carbonyl (C=O) groups excluding carboxylic acids is 1. The molecule has 2 aromatic rings. The molecule has 1 aliphatic heterocycles. The average Bonchev–Trinajstić information content (AvgIpc) is 2.85. The fourth-order valence-electron chi connectivity index (χ4n) is 3.24. The smallest absolute Gasteiger partial charge is 0.255 e. The minimum absolute atomic E-state index is 0.0409. The van der Waals surface area contributed by atoms with Crippen LogP contribution in [-0.2, 0) is 10.0 Å². The number of nitrogens with one attached hydrogen (secondary N) is 1. The van der Waals surface area contributed by atoms with E-state index in [1.807, 2.05) is 0 Å². The van der Waals surface area contributed by atoms with Gasteiger partial charge < -0.3 is 10.4 Å². The van der Waals surface area contributed by atoms with Crippen molar-refractivity contribution >= 4 is 33.2 Å². The van der Waals surface area contributed by atoms with Crippen LogP contribution in [-0.4, -0.2) is 42.4 Å². The van der Waals surface area contributed by atoms with E-state index in [0.717, 1.165) is 28.6 Å². The monoisotopic (exact) mass is 458 g/mol. The molecular weight excluding hydrogens is 438 g/mol. The normalized spacial score (nSPS) is 20.6. The summed E-state index contributed by atoms with van der Waals surface area (Å²) in [4.78, 5) is 11.9. The van der Waals surface area contributed by atoms with E-state index in [1.54, 1.807) is 6.92 Å². The van der Waals surface area contributed by atoms with Crippen LogP contribution in [0.4, 0.5) is 14.5 Å². The minimum Gasteiger partial charge on any atom is -0.390 e. The second-order valence-electron chi connectivity index (χ2n) is 7.48. The Balaban J connectivity index is 1.86. The quantitative estimate of drug-likeness (QED) is 0.729. The van der Waals surface area contributed by atoms with Gasteiger partial charge in [-0.3, -0.25) is 4.79 Å². The Morgan fingerprint density at radius 3 is 2.53 bits per heavy atom. The maximum atomic E-state index is 14.4. The molecule has 1 fully saturated rings. The van der Waals surface area contributed by atoms with Crippen LogP contribution < -0.4 is 5.32 Å². The van der Waals surface area contributed by atoms with Crippen LogP contribution in [0.2, 0.25) is 5.02 Å². The number of nitrogens with zero attached hydrogens (tertiary/aromatic N) is 1. The van der Waals surface area contributed by atoms with Gasteiger partial charge in [-0.2, -0.15) is 4.31 Å². The summed E-state index contributed by atoms with van der Waals surface area (Å²) < 4.78 is 54.8. The largest absolute Gasteiger partial charge is 0.390 e. The number of hydrogen-bond donors (Lipinski definition) is 2. The summed E-state index contributed by atoms with van der Waals surface area (Å²) in [6.45, 7) is 1.82. The molecule has 1 atom stereocenters. The number of anilines is 1. The second-order valence-corrected chi connectivity index (χ2v) is 9.80. The van der Waals surface area contributed by atoms with Crippen LogP contribution >= 0.6 is 11.6 Å². The van der Waals surface area contributed by atoms with Crippen molar-refractivity contribution in [3.63, 3.8) is 0 Å². The van der Waals surface area contributed by atoms with Crippen molar-refractivity contribution in [3.8, 4) is 0 Å². The molecule has 1 heterocycles. The molecular formula is C20H21ClF2N2O4S. The Bertz CT molecular complexity index is 1080. The summed E-state index contributed by atoms with van der Waals surface area (Å²) in [5, 5.41) is 12.5. The third kappa shape index (κ3) is 4.97. The molecule has 2 aromatic carbocycles. The number of rotatable bonds is 4. The van der Waals surface area contributed by atoms with Crippen LogP contribution in [0.1, 0.15) is 36.5 Å². The first-order chi connectivity index (χ1) is 14.0. The third-order valence-corrected chi connectivity index (χ3v) is 7.21. The van der Waals surface area contributed by atoms with E-state index < -0.39 is 38.1 Å². The van der Waals surface area contributed by atoms with Gasteiger partial charge in [0.1, 0.15) is 16.5 Å².